The van der Waals surface area contributed by atoms with Gasteiger partial charge in [-0.15, -0.1) is 0 Å². The predicted molar refractivity (Wildman–Crippen MR) is 325 cm³/mol. The quantitative estimate of drug-likeness (QED) is 0.0261. The van der Waals surface area contributed by atoms with Crippen molar-refractivity contribution in [1.29, 1.82) is 0 Å². The van der Waals surface area contributed by atoms with Gasteiger partial charge in [0.15, 0.2) is 6.10 Å². The van der Waals surface area contributed by atoms with Gasteiger partial charge >= 0.3 is 17.9 Å². The van der Waals surface area contributed by atoms with E-state index in [1.54, 1.807) is 0 Å². The van der Waals surface area contributed by atoms with Crippen LogP contribution in [0.2, 0.25) is 0 Å². The Bertz CT molecular complexity index is 1480. The molecule has 0 aliphatic heterocycles. The summed E-state index contributed by atoms with van der Waals surface area (Å²) in [5, 5.41) is 0. The molecule has 0 bridgehead atoms. The van der Waals surface area contributed by atoms with Crippen LogP contribution in [0.1, 0.15) is 303 Å². The van der Waals surface area contributed by atoms with E-state index in [9.17, 15) is 14.4 Å². The van der Waals surface area contributed by atoms with Crippen molar-refractivity contribution in [1.82, 2.24) is 0 Å². The highest BCUT2D eigenvalue weighted by Crippen LogP contribution is 2.16. The molecule has 0 heterocycles. The molecule has 0 aromatic carbocycles. The summed E-state index contributed by atoms with van der Waals surface area (Å²) in [4.78, 5) is 38.3. The van der Waals surface area contributed by atoms with E-state index in [0.29, 0.717) is 19.3 Å². The fraction of sp³-hybridized carbons (Fsp3) is 0.725. The number of unbranched alkanes of at least 4 members (excludes halogenated alkanes) is 30. The van der Waals surface area contributed by atoms with Crippen LogP contribution in [0.4, 0.5) is 0 Å². The molecule has 430 valence electrons. The molecular formula is C69H118O6. The fourth-order valence-electron chi connectivity index (χ4n) is 8.80. The molecule has 0 aromatic heterocycles. The molecule has 6 heteroatoms. The number of carbonyl (C=O) groups excluding carboxylic acids is 3. The van der Waals surface area contributed by atoms with Gasteiger partial charge in [-0.3, -0.25) is 14.4 Å². The molecular weight excluding hydrogens is 925 g/mol. The Morgan fingerprint density at radius 2 is 0.533 bits per heavy atom. The fourth-order valence-corrected chi connectivity index (χ4v) is 8.80. The molecule has 75 heavy (non-hydrogen) atoms. The summed E-state index contributed by atoms with van der Waals surface area (Å²) < 4.78 is 16.9. The average Bonchev–Trinajstić information content (AvgIpc) is 3.41. The Kier molecular flexibility index (Phi) is 59.8. The summed E-state index contributed by atoms with van der Waals surface area (Å²) in [6.45, 7) is 6.48. The van der Waals surface area contributed by atoms with Crippen LogP contribution in [0.3, 0.4) is 0 Å². The first-order valence-corrected chi connectivity index (χ1v) is 31.7. The Morgan fingerprint density at radius 1 is 0.280 bits per heavy atom. The van der Waals surface area contributed by atoms with E-state index in [1.807, 2.05) is 0 Å². The van der Waals surface area contributed by atoms with Gasteiger partial charge in [-0.1, -0.05) is 266 Å². The van der Waals surface area contributed by atoms with Gasteiger partial charge in [0, 0.05) is 19.3 Å². The molecule has 0 spiro atoms. The lowest BCUT2D eigenvalue weighted by Crippen LogP contribution is -2.30. The lowest BCUT2D eigenvalue weighted by atomic mass is 10.0. The molecule has 0 saturated heterocycles. The topological polar surface area (TPSA) is 78.9 Å². The van der Waals surface area contributed by atoms with Crippen molar-refractivity contribution in [2.75, 3.05) is 13.2 Å². The maximum absolute atomic E-state index is 12.9. The van der Waals surface area contributed by atoms with E-state index in [1.165, 1.54) is 161 Å². The molecule has 0 N–H and O–H groups in total. The van der Waals surface area contributed by atoms with Crippen LogP contribution in [-0.4, -0.2) is 37.2 Å². The van der Waals surface area contributed by atoms with E-state index in [4.69, 9.17) is 14.2 Å². The summed E-state index contributed by atoms with van der Waals surface area (Å²) in [6.07, 6.45) is 84.2. The van der Waals surface area contributed by atoms with Crippen molar-refractivity contribution in [3.8, 4) is 0 Å². The van der Waals surface area contributed by atoms with Gasteiger partial charge in [-0.2, -0.15) is 0 Å². The summed E-state index contributed by atoms with van der Waals surface area (Å²) in [5.41, 5.74) is 0. The number of rotatable bonds is 57. The maximum Gasteiger partial charge on any atom is 0.306 e. The highest BCUT2D eigenvalue weighted by molar-refractivity contribution is 5.71. The molecule has 0 amide bonds. The number of allylic oxidation sites excluding steroid dienone is 16. The normalized spacial score (nSPS) is 12.7. The van der Waals surface area contributed by atoms with Gasteiger partial charge in [0.1, 0.15) is 13.2 Å². The first-order valence-electron chi connectivity index (χ1n) is 31.7. The lowest BCUT2D eigenvalue weighted by molar-refractivity contribution is -0.167. The number of hydrogen-bond donors (Lipinski definition) is 0. The van der Waals surface area contributed by atoms with Crippen molar-refractivity contribution >= 4 is 17.9 Å². The van der Waals surface area contributed by atoms with Gasteiger partial charge in [-0.25, -0.2) is 0 Å². The Hall–Kier alpha value is -3.67. The lowest BCUT2D eigenvalue weighted by Gasteiger charge is -2.18. The molecule has 0 aliphatic carbocycles. The average molecular weight is 1040 g/mol. The van der Waals surface area contributed by atoms with E-state index in [-0.39, 0.29) is 37.5 Å². The number of carbonyl (C=O) groups is 3. The van der Waals surface area contributed by atoms with Crippen molar-refractivity contribution < 1.29 is 28.6 Å². The van der Waals surface area contributed by atoms with Crippen molar-refractivity contribution in [2.45, 2.75) is 309 Å². The monoisotopic (exact) mass is 1040 g/mol. The standard InChI is InChI=1S/C69H118O6/c1-4-7-10-13-16-19-22-25-28-30-31-32-33-34-35-36-37-39-41-44-47-50-53-56-59-62-68(71)74-65-66(64-73-67(70)61-58-55-52-49-46-43-40-27-24-21-18-15-12-9-6-3)75-69(72)63-60-57-54-51-48-45-42-38-29-26-23-20-17-14-11-8-5-2/h8,11,17,20,22,25-27,29-31,40,42,45,51,54,66H,4-7,9-10,12-16,18-19,21,23-24,28,32-39,41,43-44,46-50,52-53,55-65H2,1-3H3/b11-8-,20-17-,25-22-,29-26-,31-30-,40-27-,45-42-,54-51-. The largest absolute Gasteiger partial charge is 0.462 e. The number of esters is 3. The zero-order valence-electron chi connectivity index (χ0n) is 49.3. The van der Waals surface area contributed by atoms with Crippen LogP contribution in [0.5, 0.6) is 0 Å². The van der Waals surface area contributed by atoms with Gasteiger partial charge in [0.05, 0.1) is 0 Å². The SMILES string of the molecule is CC/C=C\C/C=C\C/C=C\C/C=C\C/C=C\CCCC(=O)OC(COC(=O)CCCCCCC/C=C\CCCCCCCC)COC(=O)CCCCCCCCCCCCCCC/C=C\C/C=C\CCCCCCC. The molecule has 0 aliphatic rings. The van der Waals surface area contributed by atoms with Crippen LogP contribution >= 0.6 is 0 Å². The smallest absolute Gasteiger partial charge is 0.306 e. The van der Waals surface area contributed by atoms with Crippen molar-refractivity contribution in [3.05, 3.63) is 97.2 Å². The number of ether oxygens (including phenoxy) is 3. The van der Waals surface area contributed by atoms with Gasteiger partial charge in [0.2, 0.25) is 0 Å². The molecule has 0 radical (unpaired) electrons. The van der Waals surface area contributed by atoms with Crippen LogP contribution in [0, 0.1) is 0 Å². The highest BCUT2D eigenvalue weighted by atomic mass is 16.6. The van der Waals surface area contributed by atoms with Crippen molar-refractivity contribution in [2.24, 2.45) is 0 Å². The summed E-state index contributed by atoms with van der Waals surface area (Å²) in [6, 6.07) is 0. The second-order valence-corrected chi connectivity index (χ2v) is 20.9. The van der Waals surface area contributed by atoms with Crippen LogP contribution in [0.15, 0.2) is 97.2 Å². The van der Waals surface area contributed by atoms with Crippen LogP contribution in [-0.2, 0) is 28.6 Å². The molecule has 0 aromatic rings. The van der Waals surface area contributed by atoms with Crippen LogP contribution < -0.4 is 0 Å². The minimum absolute atomic E-state index is 0.102. The zero-order valence-corrected chi connectivity index (χ0v) is 49.3. The second-order valence-electron chi connectivity index (χ2n) is 20.9. The second kappa shape index (κ2) is 62.9. The highest BCUT2D eigenvalue weighted by Gasteiger charge is 2.19. The van der Waals surface area contributed by atoms with E-state index in [0.717, 1.165) is 96.3 Å². The Balaban J connectivity index is 4.38. The van der Waals surface area contributed by atoms with E-state index in [2.05, 4.69) is 118 Å². The maximum atomic E-state index is 12.9. The summed E-state index contributed by atoms with van der Waals surface area (Å²) >= 11 is 0. The summed E-state index contributed by atoms with van der Waals surface area (Å²) in [7, 11) is 0. The van der Waals surface area contributed by atoms with Gasteiger partial charge in [-0.05, 0) is 116 Å². The van der Waals surface area contributed by atoms with Crippen LogP contribution in [0.25, 0.3) is 0 Å². The zero-order chi connectivity index (χ0) is 54.3. The Morgan fingerprint density at radius 3 is 0.867 bits per heavy atom. The van der Waals surface area contributed by atoms with Gasteiger partial charge < -0.3 is 14.2 Å². The van der Waals surface area contributed by atoms with E-state index < -0.39 is 6.10 Å². The number of hydrogen-bond acceptors (Lipinski definition) is 6. The summed E-state index contributed by atoms with van der Waals surface area (Å²) in [5.74, 6) is -0.963. The van der Waals surface area contributed by atoms with E-state index >= 15 is 0 Å². The third-order valence-electron chi connectivity index (χ3n) is 13.5. The molecule has 0 fully saturated rings. The third kappa shape index (κ3) is 61.1. The molecule has 0 saturated carbocycles. The molecule has 1 atom stereocenters. The third-order valence-corrected chi connectivity index (χ3v) is 13.5. The minimum Gasteiger partial charge on any atom is -0.462 e. The predicted octanol–water partition coefficient (Wildman–Crippen LogP) is 21.7. The first-order chi connectivity index (χ1) is 37.0. The minimum atomic E-state index is -0.812. The van der Waals surface area contributed by atoms with Crippen molar-refractivity contribution in [3.63, 3.8) is 0 Å². The molecule has 6 nitrogen and oxygen atoms in total. The van der Waals surface area contributed by atoms with Gasteiger partial charge in [0.25, 0.3) is 0 Å². The Labute approximate surface area is 464 Å². The molecule has 1 unspecified atom stereocenters. The first kappa shape index (κ1) is 71.3. The molecule has 0 rings (SSSR count).